The molecule has 0 bridgehead atoms. The van der Waals surface area contributed by atoms with Gasteiger partial charge in [-0.2, -0.15) is 0 Å². The lowest BCUT2D eigenvalue weighted by Crippen LogP contribution is -2.27. The summed E-state index contributed by atoms with van der Waals surface area (Å²) in [6, 6.07) is 5.87. The minimum Gasteiger partial charge on any atom is -0.496 e. The van der Waals surface area contributed by atoms with Crippen LogP contribution in [0, 0.1) is 20.8 Å². The number of rotatable bonds is 7. The number of methoxy groups -OCH3 is 1. The van der Waals surface area contributed by atoms with Crippen LogP contribution in [-0.4, -0.2) is 29.2 Å². The Morgan fingerprint density at radius 2 is 1.88 bits per heavy atom. The fourth-order valence-corrected chi connectivity index (χ4v) is 3.44. The van der Waals surface area contributed by atoms with Crippen molar-refractivity contribution in [1.29, 1.82) is 0 Å². The summed E-state index contributed by atoms with van der Waals surface area (Å²) >= 11 is 1.53. The first-order valence-electron chi connectivity index (χ1n) is 8.67. The Morgan fingerprint density at radius 1 is 1.23 bits per heavy atom. The standard InChI is InChI=1S/C20H27N3O2S/c1-12-7-9-18(25-5)17(11-12)15(4)21-19(24)10-8-16-13(2)22-20(26-6)23-14(16)3/h7,9,11,15H,8,10H2,1-6H3,(H,21,24)/t15-/m1/s1. The van der Waals surface area contributed by atoms with Gasteiger partial charge in [0.25, 0.3) is 0 Å². The maximum absolute atomic E-state index is 12.4. The van der Waals surface area contributed by atoms with Crippen LogP contribution in [0.25, 0.3) is 0 Å². The maximum Gasteiger partial charge on any atom is 0.220 e. The molecular weight excluding hydrogens is 346 g/mol. The summed E-state index contributed by atoms with van der Waals surface area (Å²) in [5, 5.41) is 3.84. The number of carbonyl (C=O) groups is 1. The SMILES string of the molecule is COc1ccc(C)cc1[C@@H](C)NC(=O)CCc1c(C)nc(SC)nc1C. The number of nitrogens with zero attached hydrogens (tertiary/aromatic N) is 2. The van der Waals surface area contributed by atoms with Gasteiger partial charge in [-0.05, 0) is 52.0 Å². The molecule has 26 heavy (non-hydrogen) atoms. The van der Waals surface area contributed by atoms with Crippen molar-refractivity contribution in [1.82, 2.24) is 15.3 Å². The van der Waals surface area contributed by atoms with Gasteiger partial charge >= 0.3 is 0 Å². The molecule has 1 aromatic carbocycles. The van der Waals surface area contributed by atoms with E-state index in [4.69, 9.17) is 4.74 Å². The quantitative estimate of drug-likeness (QED) is 0.588. The average molecular weight is 374 g/mol. The van der Waals surface area contributed by atoms with Crippen LogP contribution in [0.4, 0.5) is 0 Å². The minimum absolute atomic E-state index is 0.00815. The van der Waals surface area contributed by atoms with Gasteiger partial charge in [0.15, 0.2) is 5.16 Å². The van der Waals surface area contributed by atoms with Crippen molar-refractivity contribution < 1.29 is 9.53 Å². The number of carbonyl (C=O) groups excluding carboxylic acids is 1. The van der Waals surface area contributed by atoms with Gasteiger partial charge in [0.2, 0.25) is 5.91 Å². The van der Waals surface area contributed by atoms with E-state index >= 15 is 0 Å². The van der Waals surface area contributed by atoms with Crippen molar-refractivity contribution in [3.63, 3.8) is 0 Å². The summed E-state index contributed by atoms with van der Waals surface area (Å²) in [4.78, 5) is 21.4. The molecule has 0 aliphatic rings. The zero-order chi connectivity index (χ0) is 19.3. The smallest absolute Gasteiger partial charge is 0.220 e. The number of aryl methyl sites for hydroxylation is 3. The van der Waals surface area contributed by atoms with E-state index in [0.29, 0.717) is 12.8 Å². The summed E-state index contributed by atoms with van der Waals surface area (Å²) in [7, 11) is 1.65. The molecule has 0 spiro atoms. The summed E-state index contributed by atoms with van der Waals surface area (Å²) in [5.74, 6) is 0.796. The first kappa shape index (κ1) is 20.2. The van der Waals surface area contributed by atoms with E-state index in [1.807, 2.05) is 52.1 Å². The van der Waals surface area contributed by atoms with Crippen molar-refractivity contribution in [3.8, 4) is 5.75 Å². The number of aromatic nitrogens is 2. The second-order valence-electron chi connectivity index (χ2n) is 6.39. The topological polar surface area (TPSA) is 64.1 Å². The Bertz CT molecular complexity index is 770. The maximum atomic E-state index is 12.4. The predicted octanol–water partition coefficient (Wildman–Crippen LogP) is 3.94. The Hall–Kier alpha value is -2.08. The van der Waals surface area contributed by atoms with E-state index in [9.17, 15) is 4.79 Å². The van der Waals surface area contributed by atoms with Crippen LogP contribution in [0.5, 0.6) is 5.75 Å². The Morgan fingerprint density at radius 3 is 2.46 bits per heavy atom. The highest BCUT2D eigenvalue weighted by atomic mass is 32.2. The fraction of sp³-hybridized carbons (Fsp3) is 0.450. The Kier molecular flexibility index (Phi) is 7.03. The largest absolute Gasteiger partial charge is 0.496 e. The lowest BCUT2D eigenvalue weighted by molar-refractivity contribution is -0.121. The normalized spacial score (nSPS) is 11.9. The van der Waals surface area contributed by atoms with Crippen molar-refractivity contribution in [2.24, 2.45) is 0 Å². The summed E-state index contributed by atoms with van der Waals surface area (Å²) < 4.78 is 5.42. The number of hydrogen-bond donors (Lipinski definition) is 1. The van der Waals surface area contributed by atoms with Gasteiger partial charge in [-0.25, -0.2) is 9.97 Å². The van der Waals surface area contributed by atoms with Crippen molar-refractivity contribution in [2.75, 3.05) is 13.4 Å². The molecule has 0 unspecified atom stereocenters. The van der Waals surface area contributed by atoms with Gasteiger partial charge in [0.1, 0.15) is 5.75 Å². The second kappa shape index (κ2) is 9.03. The number of hydrogen-bond acceptors (Lipinski definition) is 5. The molecule has 0 saturated carbocycles. The van der Waals surface area contributed by atoms with Crippen LogP contribution >= 0.6 is 11.8 Å². The molecule has 0 saturated heterocycles. The molecule has 2 aromatic rings. The number of amides is 1. The summed E-state index contributed by atoms with van der Waals surface area (Å²) in [5.41, 5.74) is 5.07. The van der Waals surface area contributed by atoms with Crippen LogP contribution in [-0.2, 0) is 11.2 Å². The zero-order valence-electron chi connectivity index (χ0n) is 16.3. The zero-order valence-corrected chi connectivity index (χ0v) is 17.2. The number of benzene rings is 1. The van der Waals surface area contributed by atoms with Gasteiger partial charge < -0.3 is 10.1 Å². The van der Waals surface area contributed by atoms with Gasteiger partial charge in [-0.15, -0.1) is 0 Å². The highest BCUT2D eigenvalue weighted by molar-refractivity contribution is 7.98. The molecule has 0 radical (unpaired) electrons. The van der Waals surface area contributed by atoms with Gasteiger partial charge in [0.05, 0.1) is 13.2 Å². The van der Waals surface area contributed by atoms with E-state index in [2.05, 4.69) is 15.3 Å². The number of thioether (sulfide) groups is 1. The van der Waals surface area contributed by atoms with E-state index in [1.54, 1.807) is 7.11 Å². The molecule has 0 aliphatic heterocycles. The van der Waals surface area contributed by atoms with E-state index < -0.39 is 0 Å². The first-order chi connectivity index (χ1) is 12.3. The highest BCUT2D eigenvalue weighted by Crippen LogP contribution is 2.26. The van der Waals surface area contributed by atoms with Crippen LogP contribution in [0.1, 0.15) is 47.5 Å². The van der Waals surface area contributed by atoms with E-state index in [-0.39, 0.29) is 11.9 Å². The van der Waals surface area contributed by atoms with Gasteiger partial charge in [-0.1, -0.05) is 29.5 Å². The van der Waals surface area contributed by atoms with E-state index in [1.165, 1.54) is 11.8 Å². The second-order valence-corrected chi connectivity index (χ2v) is 7.17. The van der Waals surface area contributed by atoms with Crippen molar-refractivity contribution >= 4 is 17.7 Å². The highest BCUT2D eigenvalue weighted by Gasteiger charge is 2.16. The third kappa shape index (κ3) is 4.97. The molecule has 6 heteroatoms. The molecular formula is C20H27N3O2S. The third-order valence-electron chi connectivity index (χ3n) is 4.41. The van der Waals surface area contributed by atoms with Crippen molar-refractivity contribution in [3.05, 3.63) is 46.3 Å². The van der Waals surface area contributed by atoms with Crippen molar-refractivity contribution in [2.45, 2.75) is 51.7 Å². The number of nitrogens with one attached hydrogen (secondary N) is 1. The lowest BCUT2D eigenvalue weighted by Gasteiger charge is -2.18. The third-order valence-corrected chi connectivity index (χ3v) is 4.96. The molecule has 0 fully saturated rings. The monoisotopic (exact) mass is 373 g/mol. The molecule has 1 amide bonds. The predicted molar refractivity (Wildman–Crippen MR) is 106 cm³/mol. The van der Waals surface area contributed by atoms with Crippen LogP contribution in [0.2, 0.25) is 0 Å². The average Bonchev–Trinajstić information content (AvgIpc) is 2.60. The van der Waals surface area contributed by atoms with E-state index in [0.717, 1.165) is 39.0 Å². The van der Waals surface area contributed by atoms with Crippen LogP contribution in [0.15, 0.2) is 23.4 Å². The molecule has 1 atom stereocenters. The van der Waals surface area contributed by atoms with Crippen LogP contribution in [0.3, 0.4) is 0 Å². The fourth-order valence-electron chi connectivity index (χ4n) is 2.98. The summed E-state index contributed by atoms with van der Waals surface area (Å²) in [6.45, 7) is 7.95. The molecule has 5 nitrogen and oxygen atoms in total. The summed E-state index contributed by atoms with van der Waals surface area (Å²) in [6.07, 6.45) is 3.00. The van der Waals surface area contributed by atoms with Gasteiger partial charge in [0, 0.05) is 23.4 Å². The molecule has 1 aromatic heterocycles. The van der Waals surface area contributed by atoms with Crippen LogP contribution < -0.4 is 10.1 Å². The lowest BCUT2D eigenvalue weighted by atomic mass is 10.0. The Balaban J connectivity index is 2.02. The molecule has 1 heterocycles. The molecule has 1 N–H and O–H groups in total. The Labute approximate surface area is 160 Å². The molecule has 140 valence electrons. The molecule has 0 aliphatic carbocycles. The first-order valence-corrected chi connectivity index (χ1v) is 9.90. The number of ether oxygens (including phenoxy) is 1. The minimum atomic E-state index is -0.116. The molecule has 2 rings (SSSR count). The van der Waals surface area contributed by atoms with Gasteiger partial charge in [-0.3, -0.25) is 4.79 Å².